The zero-order chi connectivity index (χ0) is 10.4. The summed E-state index contributed by atoms with van der Waals surface area (Å²) in [4.78, 5) is 7.18. The molecule has 0 aliphatic rings. The normalized spacial score (nSPS) is 10.5. The van der Waals surface area contributed by atoms with Crippen LogP contribution >= 0.6 is 11.3 Å². The third-order valence-corrected chi connectivity index (χ3v) is 2.96. The number of anilines is 1. The Balaban J connectivity index is 2.39. The van der Waals surface area contributed by atoms with Gasteiger partial charge >= 0.3 is 0 Å². The third kappa shape index (κ3) is 3.25. The highest BCUT2D eigenvalue weighted by Crippen LogP contribution is 2.21. The molecule has 1 rings (SSSR count). The van der Waals surface area contributed by atoms with E-state index in [0.717, 1.165) is 29.6 Å². The Morgan fingerprint density at radius 1 is 1.64 bits per heavy atom. The lowest BCUT2D eigenvalue weighted by molar-refractivity contribution is 0.196. The first-order valence-electron chi connectivity index (χ1n) is 4.53. The number of aliphatic hydroxyl groups excluding tert-OH is 1. The molecule has 4 nitrogen and oxygen atoms in total. The van der Waals surface area contributed by atoms with Crippen molar-refractivity contribution >= 4 is 16.5 Å². The molecule has 14 heavy (non-hydrogen) atoms. The summed E-state index contributed by atoms with van der Waals surface area (Å²) in [6.45, 7) is 1.76. The molecule has 0 saturated heterocycles. The highest BCUT2D eigenvalue weighted by molar-refractivity contribution is 7.15. The van der Waals surface area contributed by atoms with Crippen LogP contribution in [0.25, 0.3) is 0 Å². The number of thiazole rings is 1. The summed E-state index contributed by atoms with van der Waals surface area (Å²) in [5.41, 5.74) is 0. The van der Waals surface area contributed by atoms with Crippen LogP contribution in [0.15, 0.2) is 6.20 Å². The van der Waals surface area contributed by atoms with Crippen molar-refractivity contribution in [3.05, 3.63) is 11.1 Å². The van der Waals surface area contributed by atoms with E-state index in [9.17, 15) is 0 Å². The fourth-order valence-corrected chi connectivity index (χ4v) is 1.85. The maximum atomic E-state index is 8.88. The van der Waals surface area contributed by atoms with Crippen LogP contribution in [0.4, 0.5) is 5.13 Å². The second-order valence-corrected chi connectivity index (χ2v) is 4.13. The number of aromatic nitrogens is 1. The van der Waals surface area contributed by atoms with E-state index in [1.54, 1.807) is 13.3 Å². The Labute approximate surface area is 88.1 Å². The van der Waals surface area contributed by atoms with Gasteiger partial charge in [0.25, 0.3) is 0 Å². The molecule has 0 radical (unpaired) electrons. The summed E-state index contributed by atoms with van der Waals surface area (Å²) in [7, 11) is 3.70. The van der Waals surface area contributed by atoms with Crippen molar-refractivity contribution in [1.82, 2.24) is 4.98 Å². The molecule has 1 aromatic heterocycles. The first kappa shape index (κ1) is 11.4. The van der Waals surface area contributed by atoms with E-state index in [2.05, 4.69) is 9.88 Å². The predicted molar refractivity (Wildman–Crippen MR) is 57.8 cm³/mol. The van der Waals surface area contributed by atoms with Gasteiger partial charge in [-0.15, -0.1) is 0 Å². The smallest absolute Gasteiger partial charge is 0.185 e. The van der Waals surface area contributed by atoms with Crippen LogP contribution in [0.3, 0.4) is 0 Å². The van der Waals surface area contributed by atoms with E-state index in [-0.39, 0.29) is 6.61 Å². The average Bonchev–Trinajstić information content (AvgIpc) is 2.66. The molecule has 0 aromatic carbocycles. The topological polar surface area (TPSA) is 45.6 Å². The fraction of sp³-hybridized carbons (Fsp3) is 0.667. The van der Waals surface area contributed by atoms with Gasteiger partial charge in [0.1, 0.15) is 0 Å². The van der Waals surface area contributed by atoms with Crippen LogP contribution in [0.5, 0.6) is 0 Å². The van der Waals surface area contributed by atoms with Gasteiger partial charge in [0.05, 0.1) is 11.5 Å². The van der Waals surface area contributed by atoms with Crippen LogP contribution in [-0.4, -0.2) is 37.4 Å². The molecule has 0 amide bonds. The van der Waals surface area contributed by atoms with Gasteiger partial charge in [-0.25, -0.2) is 4.98 Å². The predicted octanol–water partition coefficient (Wildman–Crippen LogP) is 1.11. The molecule has 0 saturated carbocycles. The summed E-state index contributed by atoms with van der Waals surface area (Å²) < 4.78 is 4.97. The summed E-state index contributed by atoms with van der Waals surface area (Å²) in [5.74, 6) is 0. The minimum atomic E-state index is 0.0730. The number of hydrogen-bond donors (Lipinski definition) is 1. The van der Waals surface area contributed by atoms with Crippen molar-refractivity contribution in [3.63, 3.8) is 0 Å². The van der Waals surface area contributed by atoms with Gasteiger partial charge in [-0.1, -0.05) is 11.3 Å². The van der Waals surface area contributed by atoms with Gasteiger partial charge in [-0.3, -0.25) is 0 Å². The lowest BCUT2D eigenvalue weighted by Gasteiger charge is -2.14. The maximum Gasteiger partial charge on any atom is 0.185 e. The molecule has 0 atom stereocenters. The maximum absolute atomic E-state index is 8.88. The molecule has 1 heterocycles. The number of nitrogens with zero attached hydrogens (tertiary/aromatic N) is 2. The Morgan fingerprint density at radius 3 is 3.00 bits per heavy atom. The zero-order valence-corrected chi connectivity index (χ0v) is 9.38. The van der Waals surface area contributed by atoms with Crippen LogP contribution < -0.4 is 4.90 Å². The highest BCUT2D eigenvalue weighted by atomic mass is 32.1. The van der Waals surface area contributed by atoms with Gasteiger partial charge < -0.3 is 14.7 Å². The van der Waals surface area contributed by atoms with E-state index in [4.69, 9.17) is 9.84 Å². The minimum Gasteiger partial charge on any atom is -0.391 e. The molecule has 5 heteroatoms. The standard InChI is InChI=1S/C9H16N2O2S/c1-11(4-3-5-13-2)9-10-6-8(7-12)14-9/h6,12H,3-5,7H2,1-2H3. The first-order valence-corrected chi connectivity index (χ1v) is 5.35. The Hall–Kier alpha value is -0.650. The quantitative estimate of drug-likeness (QED) is 0.724. The number of ether oxygens (including phenoxy) is 1. The van der Waals surface area contributed by atoms with E-state index < -0.39 is 0 Å². The van der Waals surface area contributed by atoms with Crippen molar-refractivity contribution in [3.8, 4) is 0 Å². The van der Waals surface area contributed by atoms with Crippen molar-refractivity contribution < 1.29 is 9.84 Å². The molecular weight excluding hydrogens is 200 g/mol. The molecule has 0 aliphatic carbocycles. The largest absolute Gasteiger partial charge is 0.391 e. The first-order chi connectivity index (χ1) is 6.77. The van der Waals surface area contributed by atoms with E-state index >= 15 is 0 Å². The van der Waals surface area contributed by atoms with Crippen LogP contribution in [0.1, 0.15) is 11.3 Å². The second kappa shape index (κ2) is 5.95. The van der Waals surface area contributed by atoms with Crippen molar-refractivity contribution in [2.45, 2.75) is 13.0 Å². The van der Waals surface area contributed by atoms with Crippen molar-refractivity contribution in [2.75, 3.05) is 32.2 Å². The Kier molecular flexibility index (Phi) is 4.86. The summed E-state index contributed by atoms with van der Waals surface area (Å²) in [6, 6.07) is 0. The van der Waals surface area contributed by atoms with E-state index in [1.807, 2.05) is 7.05 Å². The van der Waals surface area contributed by atoms with Gasteiger partial charge in [0, 0.05) is 33.5 Å². The number of methoxy groups -OCH3 is 1. The summed E-state index contributed by atoms with van der Waals surface area (Å²) >= 11 is 1.52. The molecule has 1 N–H and O–H groups in total. The number of aliphatic hydroxyl groups is 1. The van der Waals surface area contributed by atoms with Crippen LogP contribution in [0, 0.1) is 0 Å². The molecule has 1 aromatic rings. The highest BCUT2D eigenvalue weighted by Gasteiger charge is 2.05. The lowest BCUT2D eigenvalue weighted by Crippen LogP contribution is -2.19. The molecule has 0 unspecified atom stereocenters. The third-order valence-electron chi connectivity index (χ3n) is 1.87. The number of rotatable bonds is 6. The SMILES string of the molecule is COCCCN(C)c1ncc(CO)s1. The second-order valence-electron chi connectivity index (χ2n) is 3.04. The van der Waals surface area contributed by atoms with E-state index in [1.165, 1.54) is 11.3 Å². The molecular formula is C9H16N2O2S. The van der Waals surface area contributed by atoms with Crippen molar-refractivity contribution in [1.29, 1.82) is 0 Å². The van der Waals surface area contributed by atoms with Gasteiger partial charge in [-0.2, -0.15) is 0 Å². The summed E-state index contributed by atoms with van der Waals surface area (Å²) in [5, 5.41) is 9.83. The molecule has 0 spiro atoms. The molecule has 0 fully saturated rings. The molecule has 80 valence electrons. The van der Waals surface area contributed by atoms with Crippen LogP contribution in [-0.2, 0) is 11.3 Å². The monoisotopic (exact) mass is 216 g/mol. The van der Waals surface area contributed by atoms with Crippen molar-refractivity contribution in [2.24, 2.45) is 0 Å². The average molecular weight is 216 g/mol. The molecule has 0 aliphatic heterocycles. The molecule has 0 bridgehead atoms. The minimum absolute atomic E-state index is 0.0730. The van der Waals surface area contributed by atoms with Gasteiger partial charge in [0.2, 0.25) is 0 Å². The zero-order valence-electron chi connectivity index (χ0n) is 8.56. The Bertz CT molecular complexity index is 265. The van der Waals surface area contributed by atoms with Crippen LogP contribution in [0.2, 0.25) is 0 Å². The lowest BCUT2D eigenvalue weighted by atomic mass is 10.4. The summed E-state index contributed by atoms with van der Waals surface area (Å²) in [6.07, 6.45) is 2.70. The van der Waals surface area contributed by atoms with Gasteiger partial charge in [0.15, 0.2) is 5.13 Å². The Morgan fingerprint density at radius 2 is 2.43 bits per heavy atom. The number of hydrogen-bond acceptors (Lipinski definition) is 5. The van der Waals surface area contributed by atoms with Gasteiger partial charge in [-0.05, 0) is 6.42 Å². The fourth-order valence-electron chi connectivity index (χ4n) is 1.09. The van der Waals surface area contributed by atoms with E-state index in [0.29, 0.717) is 0 Å².